The highest BCUT2D eigenvalue weighted by atomic mass is 16.6. The molecule has 0 saturated heterocycles. The Labute approximate surface area is 78.7 Å². The quantitative estimate of drug-likeness (QED) is 0.626. The van der Waals surface area contributed by atoms with E-state index < -0.39 is 0 Å². The summed E-state index contributed by atoms with van der Waals surface area (Å²) in [6.07, 6.45) is 1.89. The second-order valence-corrected chi connectivity index (χ2v) is 2.96. The summed E-state index contributed by atoms with van der Waals surface area (Å²) < 4.78 is 4.44. The standard InChI is InChI=1S/C9H6N4O/c1-2-8-6(3-4-10-8)5-7(1)9-11-13-14-12-9/h1-5,10H. The molecule has 5 heteroatoms. The number of fused-ring (bicyclic) bond motifs is 1. The highest BCUT2D eigenvalue weighted by molar-refractivity contribution is 5.83. The molecule has 0 aliphatic heterocycles. The van der Waals surface area contributed by atoms with Crippen molar-refractivity contribution >= 4 is 10.9 Å². The van der Waals surface area contributed by atoms with Gasteiger partial charge in [0.25, 0.3) is 0 Å². The molecule has 0 amide bonds. The summed E-state index contributed by atoms with van der Waals surface area (Å²) in [4.78, 5) is 3.11. The van der Waals surface area contributed by atoms with Gasteiger partial charge in [0.2, 0.25) is 5.82 Å². The molecule has 1 N–H and O–H groups in total. The normalized spacial score (nSPS) is 10.9. The molecule has 68 valence electrons. The number of aromatic nitrogens is 4. The minimum atomic E-state index is 0.508. The van der Waals surface area contributed by atoms with Crippen LogP contribution in [0.25, 0.3) is 22.3 Å². The van der Waals surface area contributed by atoms with Crippen molar-refractivity contribution < 1.29 is 4.63 Å². The van der Waals surface area contributed by atoms with Gasteiger partial charge in [0.15, 0.2) is 0 Å². The Balaban J connectivity index is 2.23. The van der Waals surface area contributed by atoms with Crippen LogP contribution in [-0.2, 0) is 0 Å². The Bertz CT molecular complexity index is 555. The first-order valence-electron chi connectivity index (χ1n) is 4.16. The van der Waals surface area contributed by atoms with Gasteiger partial charge in [-0.05, 0) is 29.4 Å². The molecule has 0 saturated carbocycles. The Hall–Kier alpha value is -2.17. The summed E-state index contributed by atoms with van der Waals surface area (Å²) in [5.74, 6) is 0.508. The average Bonchev–Trinajstić information content (AvgIpc) is 2.88. The molecule has 0 aliphatic rings. The number of aromatic amines is 1. The van der Waals surface area contributed by atoms with Crippen LogP contribution in [-0.4, -0.2) is 20.5 Å². The van der Waals surface area contributed by atoms with Gasteiger partial charge < -0.3 is 4.98 Å². The van der Waals surface area contributed by atoms with Crippen molar-refractivity contribution in [2.24, 2.45) is 0 Å². The highest BCUT2D eigenvalue weighted by Crippen LogP contribution is 2.20. The van der Waals surface area contributed by atoms with Crippen molar-refractivity contribution in [3.63, 3.8) is 0 Å². The predicted octanol–water partition coefficient (Wildman–Crippen LogP) is 1.61. The van der Waals surface area contributed by atoms with Gasteiger partial charge in [-0.25, -0.2) is 4.63 Å². The van der Waals surface area contributed by atoms with Crippen LogP contribution in [0.15, 0.2) is 35.1 Å². The van der Waals surface area contributed by atoms with Crippen molar-refractivity contribution in [2.45, 2.75) is 0 Å². The van der Waals surface area contributed by atoms with Crippen LogP contribution in [0.2, 0.25) is 0 Å². The van der Waals surface area contributed by atoms with E-state index in [2.05, 4.69) is 25.1 Å². The molecule has 5 nitrogen and oxygen atoms in total. The van der Waals surface area contributed by atoms with E-state index in [1.54, 1.807) is 0 Å². The van der Waals surface area contributed by atoms with Gasteiger partial charge in [0.05, 0.1) is 5.27 Å². The number of rotatable bonds is 1. The molecule has 0 radical (unpaired) electrons. The minimum Gasteiger partial charge on any atom is -0.361 e. The first kappa shape index (κ1) is 7.25. The van der Waals surface area contributed by atoms with Gasteiger partial charge in [-0.2, -0.15) is 0 Å². The molecule has 1 aromatic carbocycles. The third-order valence-corrected chi connectivity index (χ3v) is 2.11. The van der Waals surface area contributed by atoms with Gasteiger partial charge in [-0.3, -0.25) is 0 Å². The molecule has 0 bridgehead atoms. The van der Waals surface area contributed by atoms with Gasteiger partial charge in [-0.1, -0.05) is 5.10 Å². The second kappa shape index (κ2) is 2.66. The zero-order valence-corrected chi connectivity index (χ0v) is 7.14. The van der Waals surface area contributed by atoms with Crippen molar-refractivity contribution in [1.82, 2.24) is 20.5 Å². The maximum absolute atomic E-state index is 4.44. The lowest BCUT2D eigenvalue weighted by Gasteiger charge is -1.93. The molecule has 2 heterocycles. The third-order valence-electron chi connectivity index (χ3n) is 2.11. The molecular formula is C9H6N4O. The van der Waals surface area contributed by atoms with E-state index in [1.165, 1.54) is 0 Å². The van der Waals surface area contributed by atoms with E-state index in [0.29, 0.717) is 5.82 Å². The van der Waals surface area contributed by atoms with Crippen molar-refractivity contribution in [1.29, 1.82) is 0 Å². The van der Waals surface area contributed by atoms with Crippen LogP contribution in [0.5, 0.6) is 0 Å². The third kappa shape index (κ3) is 0.990. The van der Waals surface area contributed by atoms with Crippen LogP contribution in [0.3, 0.4) is 0 Å². The monoisotopic (exact) mass is 186 g/mol. The summed E-state index contributed by atoms with van der Waals surface area (Å²) in [7, 11) is 0. The molecule has 0 spiro atoms. The first-order chi connectivity index (χ1) is 6.93. The van der Waals surface area contributed by atoms with Gasteiger partial charge >= 0.3 is 0 Å². The molecular weight excluding hydrogens is 180 g/mol. The Morgan fingerprint density at radius 1 is 1.21 bits per heavy atom. The summed E-state index contributed by atoms with van der Waals surface area (Å²) in [6, 6.07) is 7.87. The smallest absolute Gasteiger partial charge is 0.226 e. The lowest BCUT2D eigenvalue weighted by atomic mass is 10.1. The van der Waals surface area contributed by atoms with Gasteiger partial charge in [0.1, 0.15) is 0 Å². The summed E-state index contributed by atoms with van der Waals surface area (Å²) >= 11 is 0. The SMILES string of the molecule is c1cc2cc(-c3nnon3)ccc2[nH]1. The maximum atomic E-state index is 4.44. The zero-order chi connectivity index (χ0) is 9.38. The summed E-state index contributed by atoms with van der Waals surface area (Å²) in [5, 5.41) is 11.9. The van der Waals surface area contributed by atoms with E-state index in [1.807, 2.05) is 30.5 Å². The number of hydrogen-bond acceptors (Lipinski definition) is 4. The topological polar surface area (TPSA) is 67.6 Å². The molecule has 2 aromatic heterocycles. The van der Waals surface area contributed by atoms with Gasteiger partial charge in [-0.15, -0.1) is 0 Å². The van der Waals surface area contributed by atoms with E-state index in [-0.39, 0.29) is 0 Å². The summed E-state index contributed by atoms with van der Waals surface area (Å²) in [5.41, 5.74) is 1.99. The van der Waals surface area contributed by atoms with Crippen molar-refractivity contribution in [3.05, 3.63) is 30.5 Å². The molecule has 0 aliphatic carbocycles. The Morgan fingerprint density at radius 2 is 2.21 bits per heavy atom. The maximum Gasteiger partial charge on any atom is 0.226 e. The average molecular weight is 186 g/mol. The minimum absolute atomic E-state index is 0.508. The first-order valence-corrected chi connectivity index (χ1v) is 4.16. The van der Waals surface area contributed by atoms with Crippen LogP contribution in [0, 0.1) is 0 Å². The second-order valence-electron chi connectivity index (χ2n) is 2.96. The Kier molecular flexibility index (Phi) is 1.38. The predicted molar refractivity (Wildman–Crippen MR) is 49.4 cm³/mol. The van der Waals surface area contributed by atoms with E-state index in [4.69, 9.17) is 0 Å². The fourth-order valence-electron chi connectivity index (χ4n) is 1.43. The van der Waals surface area contributed by atoms with Crippen LogP contribution in [0.1, 0.15) is 0 Å². The fraction of sp³-hybridized carbons (Fsp3) is 0. The van der Waals surface area contributed by atoms with Crippen molar-refractivity contribution in [3.8, 4) is 11.4 Å². The largest absolute Gasteiger partial charge is 0.361 e. The van der Waals surface area contributed by atoms with Crippen LogP contribution >= 0.6 is 0 Å². The van der Waals surface area contributed by atoms with Crippen LogP contribution < -0.4 is 0 Å². The molecule has 14 heavy (non-hydrogen) atoms. The Morgan fingerprint density at radius 3 is 3.07 bits per heavy atom. The summed E-state index contributed by atoms with van der Waals surface area (Å²) in [6.45, 7) is 0. The van der Waals surface area contributed by atoms with Gasteiger partial charge in [0, 0.05) is 22.7 Å². The number of benzene rings is 1. The number of nitrogens with zero attached hydrogens (tertiary/aromatic N) is 3. The van der Waals surface area contributed by atoms with E-state index in [0.717, 1.165) is 16.5 Å². The fourth-order valence-corrected chi connectivity index (χ4v) is 1.43. The van der Waals surface area contributed by atoms with E-state index in [9.17, 15) is 0 Å². The number of hydrogen-bond donors (Lipinski definition) is 1. The molecule has 0 fully saturated rings. The molecule has 3 aromatic rings. The highest BCUT2D eigenvalue weighted by Gasteiger charge is 2.04. The molecule has 0 atom stereocenters. The number of H-pyrrole nitrogens is 1. The lowest BCUT2D eigenvalue weighted by molar-refractivity contribution is 0.293. The van der Waals surface area contributed by atoms with E-state index >= 15 is 0 Å². The molecule has 0 unspecified atom stereocenters. The molecule has 3 rings (SSSR count). The lowest BCUT2D eigenvalue weighted by Crippen LogP contribution is -1.80. The van der Waals surface area contributed by atoms with Crippen LogP contribution in [0.4, 0.5) is 0 Å². The number of nitrogens with one attached hydrogen (secondary N) is 1. The van der Waals surface area contributed by atoms with Crippen molar-refractivity contribution in [2.75, 3.05) is 0 Å². The zero-order valence-electron chi connectivity index (χ0n) is 7.14.